The van der Waals surface area contributed by atoms with Crippen LogP contribution in [0.25, 0.3) is 0 Å². The molecule has 1 atom stereocenters. The maximum Gasteiger partial charge on any atom is 0.0156 e. The second-order valence-electron chi connectivity index (χ2n) is 4.23. The van der Waals surface area contributed by atoms with Gasteiger partial charge in [0.25, 0.3) is 0 Å². The maximum atomic E-state index is 6.15. The van der Waals surface area contributed by atoms with Crippen molar-refractivity contribution in [2.24, 2.45) is 0 Å². The minimum atomic E-state index is 0.698. The van der Waals surface area contributed by atoms with E-state index in [1.807, 2.05) is 0 Å². The third-order valence-electron chi connectivity index (χ3n) is 3.21. The highest BCUT2D eigenvalue weighted by molar-refractivity contribution is 6.29. The first-order valence-electron chi connectivity index (χ1n) is 5.65. The average Bonchev–Trinajstić information content (AvgIpc) is 2.44. The lowest BCUT2D eigenvalue weighted by atomic mass is 10.1. The Bertz CT molecular complexity index is 209. The van der Waals surface area contributed by atoms with Crippen LogP contribution in [-0.4, -0.2) is 37.1 Å². The van der Waals surface area contributed by atoms with Crippen molar-refractivity contribution in [1.82, 2.24) is 10.2 Å². The summed E-state index contributed by atoms with van der Waals surface area (Å²) in [7, 11) is 0. The zero-order valence-electron chi connectivity index (χ0n) is 8.64. The number of halogens is 1. The third kappa shape index (κ3) is 2.72. The van der Waals surface area contributed by atoms with Crippen LogP contribution in [0.2, 0.25) is 0 Å². The Morgan fingerprint density at radius 1 is 1.36 bits per heavy atom. The van der Waals surface area contributed by atoms with Gasteiger partial charge < -0.3 is 5.32 Å². The van der Waals surface area contributed by atoms with Gasteiger partial charge in [-0.2, -0.15) is 0 Å². The molecule has 1 saturated heterocycles. The summed E-state index contributed by atoms with van der Waals surface area (Å²) in [6.07, 6.45) is 7.05. The van der Waals surface area contributed by atoms with Crippen LogP contribution in [0, 0.1) is 0 Å². The second-order valence-corrected chi connectivity index (χ2v) is 4.71. The molecule has 0 radical (unpaired) electrons. The summed E-state index contributed by atoms with van der Waals surface area (Å²) < 4.78 is 0. The predicted octanol–water partition coefficient (Wildman–Crippen LogP) is 1.96. The van der Waals surface area contributed by atoms with Crippen LogP contribution >= 0.6 is 11.6 Å². The molecule has 0 aromatic heterocycles. The van der Waals surface area contributed by atoms with Gasteiger partial charge >= 0.3 is 0 Å². The summed E-state index contributed by atoms with van der Waals surface area (Å²) in [6, 6.07) is 0.698. The quantitative estimate of drug-likeness (QED) is 0.718. The molecular formula is C11H19ClN2. The molecule has 0 amide bonds. The van der Waals surface area contributed by atoms with Gasteiger partial charge in [0, 0.05) is 37.3 Å². The van der Waals surface area contributed by atoms with E-state index in [1.165, 1.54) is 32.4 Å². The molecule has 0 bridgehead atoms. The molecule has 1 fully saturated rings. The number of hydrogen-bond donors (Lipinski definition) is 1. The lowest BCUT2D eigenvalue weighted by molar-refractivity contribution is 0.165. The van der Waals surface area contributed by atoms with E-state index < -0.39 is 0 Å². The highest BCUT2D eigenvalue weighted by atomic mass is 35.5. The molecule has 0 spiro atoms. The van der Waals surface area contributed by atoms with Crippen molar-refractivity contribution in [2.75, 3.05) is 26.2 Å². The summed E-state index contributed by atoms with van der Waals surface area (Å²) in [4.78, 5) is 2.60. The normalized spacial score (nSPS) is 30.9. The monoisotopic (exact) mass is 214 g/mol. The van der Waals surface area contributed by atoms with Gasteiger partial charge in [0.2, 0.25) is 0 Å². The Morgan fingerprint density at radius 3 is 2.93 bits per heavy atom. The number of nitrogens with one attached hydrogen (secondary N) is 1. The van der Waals surface area contributed by atoms with Crippen LogP contribution in [0.3, 0.4) is 0 Å². The lowest BCUT2D eigenvalue weighted by Crippen LogP contribution is -2.48. The van der Waals surface area contributed by atoms with Gasteiger partial charge in [0.1, 0.15) is 0 Å². The molecule has 1 unspecified atom stereocenters. The molecule has 80 valence electrons. The van der Waals surface area contributed by atoms with Crippen LogP contribution in [-0.2, 0) is 0 Å². The van der Waals surface area contributed by atoms with Crippen molar-refractivity contribution in [2.45, 2.75) is 31.7 Å². The van der Waals surface area contributed by atoms with Crippen LogP contribution in [0.4, 0.5) is 0 Å². The number of hydrogen-bond acceptors (Lipinski definition) is 2. The molecule has 1 N–H and O–H groups in total. The number of nitrogens with zero attached hydrogens (tertiary/aromatic N) is 1. The molecule has 1 heterocycles. The van der Waals surface area contributed by atoms with E-state index in [4.69, 9.17) is 11.6 Å². The van der Waals surface area contributed by atoms with E-state index in [1.54, 1.807) is 0 Å². The van der Waals surface area contributed by atoms with Gasteiger partial charge in [-0.15, -0.1) is 0 Å². The summed E-state index contributed by atoms with van der Waals surface area (Å²) in [6.45, 7) is 4.65. The first-order valence-corrected chi connectivity index (χ1v) is 6.03. The molecule has 0 aromatic carbocycles. The molecule has 2 aliphatic rings. The van der Waals surface area contributed by atoms with Crippen molar-refractivity contribution in [3.05, 3.63) is 11.1 Å². The van der Waals surface area contributed by atoms with Gasteiger partial charge in [-0.05, 0) is 25.7 Å². The number of piperazine rings is 1. The topological polar surface area (TPSA) is 15.3 Å². The largest absolute Gasteiger partial charge is 0.314 e. The average molecular weight is 215 g/mol. The fraction of sp³-hybridized carbons (Fsp3) is 0.818. The zero-order valence-corrected chi connectivity index (χ0v) is 9.39. The predicted molar refractivity (Wildman–Crippen MR) is 60.6 cm³/mol. The van der Waals surface area contributed by atoms with E-state index in [2.05, 4.69) is 16.3 Å². The van der Waals surface area contributed by atoms with Crippen LogP contribution in [0.5, 0.6) is 0 Å². The smallest absolute Gasteiger partial charge is 0.0156 e. The van der Waals surface area contributed by atoms with Crippen molar-refractivity contribution in [3.63, 3.8) is 0 Å². The summed E-state index contributed by atoms with van der Waals surface area (Å²) >= 11 is 6.15. The first-order chi connectivity index (χ1) is 6.86. The van der Waals surface area contributed by atoms with E-state index in [-0.39, 0.29) is 0 Å². The molecule has 2 rings (SSSR count). The number of allylic oxidation sites excluding steroid dienone is 1. The SMILES string of the molecule is ClC1=CCCCC(N2CCNCC2)C1. The molecule has 14 heavy (non-hydrogen) atoms. The minimum absolute atomic E-state index is 0.698. The standard InChI is InChI=1S/C11H19ClN2/c12-10-3-1-2-4-11(9-10)14-7-5-13-6-8-14/h3,11,13H,1-2,4-9H2. The summed E-state index contributed by atoms with van der Waals surface area (Å²) in [5.74, 6) is 0. The van der Waals surface area contributed by atoms with E-state index in [9.17, 15) is 0 Å². The second kappa shape index (κ2) is 5.15. The fourth-order valence-corrected chi connectivity index (χ4v) is 2.67. The Labute approximate surface area is 91.3 Å². The molecule has 1 aliphatic heterocycles. The molecule has 1 aliphatic carbocycles. The van der Waals surface area contributed by atoms with Gasteiger partial charge in [0.05, 0.1) is 0 Å². The lowest BCUT2D eigenvalue weighted by Gasteiger charge is -2.34. The number of rotatable bonds is 1. The molecular weight excluding hydrogens is 196 g/mol. The fourth-order valence-electron chi connectivity index (χ4n) is 2.38. The summed E-state index contributed by atoms with van der Waals surface area (Å²) in [5.41, 5.74) is 0. The van der Waals surface area contributed by atoms with Gasteiger partial charge in [-0.1, -0.05) is 17.7 Å². The highest BCUT2D eigenvalue weighted by Crippen LogP contribution is 2.24. The molecule has 0 saturated carbocycles. The zero-order chi connectivity index (χ0) is 9.80. The van der Waals surface area contributed by atoms with Crippen LogP contribution in [0.1, 0.15) is 25.7 Å². The molecule has 3 heteroatoms. The van der Waals surface area contributed by atoms with Crippen molar-refractivity contribution < 1.29 is 0 Å². The van der Waals surface area contributed by atoms with Crippen molar-refractivity contribution in [3.8, 4) is 0 Å². The Kier molecular flexibility index (Phi) is 3.85. The Morgan fingerprint density at radius 2 is 2.14 bits per heavy atom. The summed E-state index contributed by atoms with van der Waals surface area (Å²) in [5, 5.41) is 4.47. The third-order valence-corrected chi connectivity index (χ3v) is 3.51. The molecule has 0 aromatic rings. The van der Waals surface area contributed by atoms with Crippen molar-refractivity contribution >= 4 is 11.6 Å². The van der Waals surface area contributed by atoms with Crippen LogP contribution in [0.15, 0.2) is 11.1 Å². The van der Waals surface area contributed by atoms with Gasteiger partial charge in [-0.25, -0.2) is 0 Å². The Balaban J connectivity index is 1.91. The van der Waals surface area contributed by atoms with Crippen LogP contribution < -0.4 is 5.32 Å². The van der Waals surface area contributed by atoms with E-state index in [0.29, 0.717) is 6.04 Å². The Hall–Kier alpha value is -0.0500. The molecule has 2 nitrogen and oxygen atoms in total. The van der Waals surface area contributed by atoms with Gasteiger partial charge in [0.15, 0.2) is 0 Å². The van der Waals surface area contributed by atoms with Gasteiger partial charge in [-0.3, -0.25) is 4.90 Å². The van der Waals surface area contributed by atoms with E-state index >= 15 is 0 Å². The van der Waals surface area contributed by atoms with E-state index in [0.717, 1.165) is 24.5 Å². The first kappa shape index (κ1) is 10.5. The maximum absolute atomic E-state index is 6.15. The highest BCUT2D eigenvalue weighted by Gasteiger charge is 2.21. The van der Waals surface area contributed by atoms with Crippen molar-refractivity contribution in [1.29, 1.82) is 0 Å². The minimum Gasteiger partial charge on any atom is -0.314 e.